The lowest BCUT2D eigenvalue weighted by atomic mass is 10.0. The van der Waals surface area contributed by atoms with Gasteiger partial charge in [0.05, 0.1) is 24.1 Å². The Hall–Kier alpha value is -3.08. The van der Waals surface area contributed by atoms with E-state index in [0.717, 1.165) is 22.2 Å². The Labute approximate surface area is 126 Å². The summed E-state index contributed by atoms with van der Waals surface area (Å²) >= 11 is 0. The predicted molar refractivity (Wildman–Crippen MR) is 86.0 cm³/mol. The highest BCUT2D eigenvalue weighted by Crippen LogP contribution is 2.36. The van der Waals surface area contributed by atoms with Crippen LogP contribution in [-0.4, -0.2) is 28.6 Å². The molecule has 1 aliphatic rings. The molecule has 5 heteroatoms. The van der Waals surface area contributed by atoms with Crippen LogP contribution in [0.2, 0.25) is 0 Å². The number of aromatic amines is 1. The number of nitrogens with zero attached hydrogens (tertiary/aromatic N) is 1. The molecule has 3 N–H and O–H groups in total. The molecular weight excluding hydrogens is 278 g/mol. The van der Waals surface area contributed by atoms with E-state index in [9.17, 15) is 5.11 Å². The summed E-state index contributed by atoms with van der Waals surface area (Å²) in [5.41, 5.74) is 3.62. The van der Waals surface area contributed by atoms with Gasteiger partial charge in [0.2, 0.25) is 0 Å². The number of para-hydroxylation sites is 1. The standard InChI is InChI=1S/C17H13N3O2/c1-22-9-6-7-13-11(8-9)14(17(21)20-13)16-15(18)10-4-2-3-5-12(10)19-16/h2-8,18,20-21H,1H3. The van der Waals surface area contributed by atoms with Crippen LogP contribution in [0.5, 0.6) is 11.6 Å². The second-order valence-electron chi connectivity index (χ2n) is 5.11. The van der Waals surface area contributed by atoms with Gasteiger partial charge in [0.15, 0.2) is 5.88 Å². The van der Waals surface area contributed by atoms with Crippen molar-refractivity contribution in [3.05, 3.63) is 53.6 Å². The van der Waals surface area contributed by atoms with Crippen LogP contribution in [-0.2, 0) is 0 Å². The third-order valence-electron chi connectivity index (χ3n) is 3.87. The lowest BCUT2D eigenvalue weighted by Crippen LogP contribution is -2.10. The van der Waals surface area contributed by atoms with Crippen LogP contribution < -0.4 is 4.74 Å². The quantitative estimate of drug-likeness (QED) is 0.676. The first kappa shape index (κ1) is 12.6. The van der Waals surface area contributed by atoms with Gasteiger partial charge in [0.1, 0.15) is 11.5 Å². The lowest BCUT2D eigenvalue weighted by molar-refractivity contribution is 0.415. The predicted octanol–water partition coefficient (Wildman–Crippen LogP) is 3.38. The minimum Gasteiger partial charge on any atom is -0.497 e. The van der Waals surface area contributed by atoms with Gasteiger partial charge in [-0.05, 0) is 24.3 Å². The van der Waals surface area contributed by atoms with Crippen molar-refractivity contribution in [2.45, 2.75) is 0 Å². The highest BCUT2D eigenvalue weighted by Gasteiger charge is 2.27. The summed E-state index contributed by atoms with van der Waals surface area (Å²) in [7, 11) is 1.60. The van der Waals surface area contributed by atoms with Crippen LogP contribution in [0.25, 0.3) is 10.9 Å². The van der Waals surface area contributed by atoms with E-state index in [2.05, 4.69) is 9.98 Å². The molecule has 1 aliphatic heterocycles. The van der Waals surface area contributed by atoms with Crippen molar-refractivity contribution in [1.82, 2.24) is 4.98 Å². The molecule has 1 aromatic heterocycles. The summed E-state index contributed by atoms with van der Waals surface area (Å²) in [6, 6.07) is 13.0. The van der Waals surface area contributed by atoms with Gasteiger partial charge < -0.3 is 14.8 Å². The highest BCUT2D eigenvalue weighted by atomic mass is 16.5. The summed E-state index contributed by atoms with van der Waals surface area (Å²) in [6.45, 7) is 0. The number of hydrogen-bond donors (Lipinski definition) is 3. The van der Waals surface area contributed by atoms with Crippen molar-refractivity contribution in [3.63, 3.8) is 0 Å². The van der Waals surface area contributed by atoms with Gasteiger partial charge in [-0.3, -0.25) is 5.41 Å². The summed E-state index contributed by atoms with van der Waals surface area (Å²) in [5.74, 6) is 0.704. The average molecular weight is 291 g/mol. The number of nitrogens with one attached hydrogen (secondary N) is 2. The zero-order valence-corrected chi connectivity index (χ0v) is 11.8. The number of benzene rings is 2. The fourth-order valence-electron chi connectivity index (χ4n) is 2.79. The summed E-state index contributed by atoms with van der Waals surface area (Å²) in [6.07, 6.45) is 0. The van der Waals surface area contributed by atoms with Crippen LogP contribution in [0.15, 0.2) is 47.5 Å². The van der Waals surface area contributed by atoms with E-state index < -0.39 is 0 Å². The maximum absolute atomic E-state index is 10.3. The molecule has 0 fully saturated rings. The summed E-state index contributed by atoms with van der Waals surface area (Å²) < 4.78 is 5.25. The van der Waals surface area contributed by atoms with Crippen molar-refractivity contribution in [1.29, 1.82) is 5.41 Å². The number of aromatic hydroxyl groups is 1. The van der Waals surface area contributed by atoms with Crippen LogP contribution >= 0.6 is 0 Å². The second kappa shape index (κ2) is 4.46. The zero-order valence-electron chi connectivity index (χ0n) is 11.8. The monoisotopic (exact) mass is 291 g/mol. The fourth-order valence-corrected chi connectivity index (χ4v) is 2.79. The molecule has 0 amide bonds. The number of methoxy groups -OCH3 is 1. The Morgan fingerprint density at radius 1 is 1.18 bits per heavy atom. The minimum atomic E-state index is 0.0135. The largest absolute Gasteiger partial charge is 0.497 e. The maximum Gasteiger partial charge on any atom is 0.199 e. The van der Waals surface area contributed by atoms with Gasteiger partial charge in [-0.25, -0.2) is 4.99 Å². The van der Waals surface area contributed by atoms with Gasteiger partial charge in [-0.2, -0.15) is 0 Å². The average Bonchev–Trinajstić information content (AvgIpc) is 3.03. The molecule has 4 rings (SSSR count). The molecule has 0 spiro atoms. The Morgan fingerprint density at radius 2 is 2.00 bits per heavy atom. The van der Waals surface area contributed by atoms with Crippen molar-refractivity contribution < 1.29 is 9.84 Å². The fraction of sp³-hybridized carbons (Fsp3) is 0.0588. The topological polar surface area (TPSA) is 81.5 Å². The number of aromatic nitrogens is 1. The van der Waals surface area contributed by atoms with E-state index in [0.29, 0.717) is 22.7 Å². The Bertz CT molecular complexity index is 954. The van der Waals surface area contributed by atoms with E-state index in [-0.39, 0.29) is 5.88 Å². The van der Waals surface area contributed by atoms with Gasteiger partial charge in [0.25, 0.3) is 0 Å². The molecule has 0 unspecified atom stereocenters. The van der Waals surface area contributed by atoms with E-state index in [1.807, 2.05) is 42.5 Å². The smallest absolute Gasteiger partial charge is 0.199 e. The number of fused-ring (bicyclic) bond motifs is 2. The third kappa shape index (κ3) is 1.65. The molecule has 22 heavy (non-hydrogen) atoms. The van der Waals surface area contributed by atoms with Gasteiger partial charge in [0, 0.05) is 16.5 Å². The molecule has 0 aliphatic carbocycles. The molecule has 0 atom stereocenters. The summed E-state index contributed by atoms with van der Waals surface area (Å²) in [5, 5.41) is 19.4. The van der Waals surface area contributed by atoms with Crippen LogP contribution in [0.3, 0.4) is 0 Å². The minimum absolute atomic E-state index is 0.0135. The number of hydrogen-bond acceptors (Lipinski definition) is 4. The van der Waals surface area contributed by atoms with E-state index in [4.69, 9.17) is 10.1 Å². The zero-order chi connectivity index (χ0) is 15.3. The molecule has 0 bridgehead atoms. The van der Waals surface area contributed by atoms with Gasteiger partial charge >= 0.3 is 0 Å². The van der Waals surface area contributed by atoms with Crippen molar-refractivity contribution in [3.8, 4) is 11.6 Å². The van der Waals surface area contributed by atoms with Crippen LogP contribution in [0.4, 0.5) is 5.69 Å². The first-order chi connectivity index (χ1) is 10.7. The molecule has 5 nitrogen and oxygen atoms in total. The molecule has 0 saturated heterocycles. The number of aliphatic imine (C=N–C) groups is 1. The van der Waals surface area contributed by atoms with E-state index in [1.54, 1.807) is 7.11 Å². The first-order valence-corrected chi connectivity index (χ1v) is 6.85. The van der Waals surface area contributed by atoms with Crippen molar-refractivity contribution in [2.24, 2.45) is 4.99 Å². The van der Waals surface area contributed by atoms with E-state index in [1.165, 1.54) is 0 Å². The molecule has 108 valence electrons. The third-order valence-corrected chi connectivity index (χ3v) is 3.87. The second-order valence-corrected chi connectivity index (χ2v) is 5.11. The first-order valence-electron chi connectivity index (χ1n) is 6.85. The summed E-state index contributed by atoms with van der Waals surface area (Å²) in [4.78, 5) is 7.44. The highest BCUT2D eigenvalue weighted by molar-refractivity contribution is 6.57. The Balaban J connectivity index is 1.96. The SMILES string of the molecule is COc1ccc2[nH]c(O)c(C3=Nc4ccccc4C3=N)c2c1. The Morgan fingerprint density at radius 3 is 2.77 bits per heavy atom. The Kier molecular flexibility index (Phi) is 2.56. The maximum atomic E-state index is 10.3. The molecule has 2 heterocycles. The van der Waals surface area contributed by atoms with Crippen LogP contribution in [0.1, 0.15) is 11.1 Å². The number of H-pyrrole nitrogens is 1. The number of rotatable bonds is 2. The van der Waals surface area contributed by atoms with Gasteiger partial charge in [-0.1, -0.05) is 18.2 Å². The normalized spacial score (nSPS) is 13.3. The molecular formula is C17H13N3O2. The van der Waals surface area contributed by atoms with Crippen molar-refractivity contribution in [2.75, 3.05) is 7.11 Å². The molecule has 2 aromatic carbocycles. The molecule has 0 radical (unpaired) electrons. The lowest BCUT2D eigenvalue weighted by Gasteiger charge is -2.03. The van der Waals surface area contributed by atoms with E-state index >= 15 is 0 Å². The van der Waals surface area contributed by atoms with Crippen molar-refractivity contribution >= 4 is 28.0 Å². The number of ether oxygens (including phenoxy) is 1. The molecule has 3 aromatic rings. The van der Waals surface area contributed by atoms with Crippen LogP contribution in [0, 0.1) is 5.41 Å². The molecule has 0 saturated carbocycles. The van der Waals surface area contributed by atoms with Gasteiger partial charge in [-0.15, -0.1) is 0 Å².